The smallest absolute Gasteiger partial charge is 0.351 e. The fourth-order valence-electron chi connectivity index (χ4n) is 3.23. The van der Waals surface area contributed by atoms with Crippen LogP contribution in [0.15, 0.2) is 60.7 Å². The molecule has 2 aliphatic rings. The summed E-state index contributed by atoms with van der Waals surface area (Å²) in [5.74, 6) is 0. The summed E-state index contributed by atoms with van der Waals surface area (Å²) in [5, 5.41) is 5.08. The minimum atomic E-state index is -0.486. The molecular weight excluding hydrogens is 366 g/mol. The van der Waals surface area contributed by atoms with Gasteiger partial charge in [0.05, 0.1) is 5.70 Å². The van der Waals surface area contributed by atoms with Crippen LogP contribution in [0.4, 0.5) is 10.5 Å². The van der Waals surface area contributed by atoms with E-state index < -0.39 is 6.09 Å². The van der Waals surface area contributed by atoms with E-state index in [4.69, 9.17) is 21.3 Å². The van der Waals surface area contributed by atoms with Gasteiger partial charge in [0, 0.05) is 23.8 Å². The lowest BCUT2D eigenvalue weighted by molar-refractivity contribution is -0.153. The number of benzene rings is 2. The van der Waals surface area contributed by atoms with Gasteiger partial charge in [-0.25, -0.2) is 4.79 Å². The second-order valence-electron chi connectivity index (χ2n) is 6.63. The van der Waals surface area contributed by atoms with Crippen molar-refractivity contribution in [2.75, 3.05) is 18.4 Å². The topological polar surface area (TPSA) is 62.8 Å². The molecule has 27 heavy (non-hydrogen) atoms. The van der Waals surface area contributed by atoms with Gasteiger partial charge in [-0.2, -0.15) is 0 Å². The van der Waals surface area contributed by atoms with Crippen LogP contribution >= 0.6 is 11.6 Å². The fourth-order valence-corrected chi connectivity index (χ4v) is 3.36. The number of para-hydroxylation sites is 1. The van der Waals surface area contributed by atoms with Gasteiger partial charge < -0.3 is 4.84 Å². The van der Waals surface area contributed by atoms with Gasteiger partial charge >= 0.3 is 6.09 Å². The van der Waals surface area contributed by atoms with Gasteiger partial charge in [0.1, 0.15) is 5.60 Å². The van der Waals surface area contributed by atoms with Crippen LogP contribution in [-0.4, -0.2) is 29.8 Å². The highest BCUT2D eigenvalue weighted by Crippen LogP contribution is 2.35. The zero-order chi connectivity index (χ0) is 18.7. The molecule has 0 aliphatic carbocycles. The minimum absolute atomic E-state index is 0.384. The summed E-state index contributed by atoms with van der Waals surface area (Å²) in [7, 11) is 0. The van der Waals surface area contributed by atoms with Crippen molar-refractivity contribution in [1.82, 2.24) is 10.5 Å². The molecule has 2 aromatic carbocycles. The Morgan fingerprint density at radius 1 is 1.11 bits per heavy atom. The number of hydrogen-bond acceptors (Lipinski definition) is 5. The van der Waals surface area contributed by atoms with E-state index in [-0.39, 0.29) is 5.60 Å². The van der Waals surface area contributed by atoms with Crippen LogP contribution in [0.5, 0.6) is 0 Å². The summed E-state index contributed by atoms with van der Waals surface area (Å²) in [6.45, 7) is 1.18. The summed E-state index contributed by atoms with van der Waals surface area (Å²) in [4.78, 5) is 23.3. The molecule has 0 bridgehead atoms. The third-order valence-electron chi connectivity index (χ3n) is 4.73. The predicted octanol–water partition coefficient (Wildman–Crippen LogP) is 4.21. The Hall–Kier alpha value is -2.54. The molecule has 6 nitrogen and oxygen atoms in total. The van der Waals surface area contributed by atoms with Gasteiger partial charge in [0.2, 0.25) is 0 Å². The van der Waals surface area contributed by atoms with Crippen molar-refractivity contribution in [2.45, 2.75) is 18.4 Å². The normalized spacial score (nSPS) is 18.6. The molecule has 2 aromatic rings. The Morgan fingerprint density at radius 2 is 1.81 bits per heavy atom. The Balaban J connectivity index is 1.32. The van der Waals surface area contributed by atoms with Crippen LogP contribution in [0.2, 0.25) is 5.02 Å². The number of halogens is 1. The highest BCUT2D eigenvalue weighted by atomic mass is 35.5. The molecule has 2 aliphatic heterocycles. The number of rotatable bonds is 3. The lowest BCUT2D eigenvalue weighted by atomic mass is 9.91. The van der Waals surface area contributed by atoms with Crippen LogP contribution in [0, 0.1) is 0 Å². The Bertz CT molecular complexity index is 831. The molecule has 0 radical (unpaired) electrons. The minimum Gasteiger partial charge on any atom is -0.351 e. The third-order valence-corrected chi connectivity index (χ3v) is 4.98. The maximum Gasteiger partial charge on any atom is 0.430 e. The number of amides is 1. The largest absolute Gasteiger partial charge is 0.430 e. The molecule has 0 atom stereocenters. The number of hydrogen-bond donors (Lipinski definition) is 2. The van der Waals surface area contributed by atoms with Gasteiger partial charge in [0.25, 0.3) is 0 Å². The molecule has 1 saturated heterocycles. The van der Waals surface area contributed by atoms with Gasteiger partial charge in [-0.15, -0.1) is 5.06 Å². The van der Waals surface area contributed by atoms with E-state index in [1.54, 1.807) is 5.06 Å². The molecule has 140 valence electrons. The van der Waals surface area contributed by atoms with Crippen molar-refractivity contribution < 1.29 is 14.5 Å². The molecule has 1 fully saturated rings. The van der Waals surface area contributed by atoms with Crippen molar-refractivity contribution >= 4 is 29.1 Å². The molecule has 1 spiro atoms. The fraction of sp³-hybridized carbons (Fsp3) is 0.250. The van der Waals surface area contributed by atoms with Crippen LogP contribution in [0.3, 0.4) is 0 Å². The number of nitrogens with one attached hydrogen (secondary N) is 2. The zero-order valence-electron chi connectivity index (χ0n) is 14.7. The lowest BCUT2D eigenvalue weighted by Gasteiger charge is -2.35. The number of anilines is 1. The predicted molar refractivity (Wildman–Crippen MR) is 104 cm³/mol. The van der Waals surface area contributed by atoms with Gasteiger partial charge in [-0.05, 0) is 48.7 Å². The number of piperidine rings is 1. The number of carbonyl (C=O) groups excluding carboxylic acids is 1. The van der Waals surface area contributed by atoms with E-state index in [0.717, 1.165) is 24.1 Å². The number of carbonyl (C=O) groups is 1. The van der Waals surface area contributed by atoms with Gasteiger partial charge in [-0.1, -0.05) is 41.9 Å². The number of nitrogens with zero attached hydrogens (tertiary/aromatic N) is 1. The molecule has 0 unspecified atom stereocenters. The maximum absolute atomic E-state index is 12.0. The van der Waals surface area contributed by atoms with Crippen LogP contribution in [0.25, 0.3) is 5.70 Å². The SMILES string of the molecule is O=C(Nc1ccccc1)ON1CCC2(C=C(c3ccc(Cl)cc3)NO2)CC1. The second kappa shape index (κ2) is 7.60. The summed E-state index contributed by atoms with van der Waals surface area (Å²) < 4.78 is 0. The highest BCUT2D eigenvalue weighted by Gasteiger charge is 2.39. The van der Waals surface area contributed by atoms with Crippen molar-refractivity contribution in [2.24, 2.45) is 0 Å². The average molecular weight is 386 g/mol. The molecule has 1 amide bonds. The van der Waals surface area contributed by atoms with E-state index in [1.165, 1.54) is 0 Å². The van der Waals surface area contributed by atoms with Crippen molar-refractivity contribution in [3.8, 4) is 0 Å². The van der Waals surface area contributed by atoms with Crippen LogP contribution in [-0.2, 0) is 9.68 Å². The van der Waals surface area contributed by atoms with E-state index >= 15 is 0 Å². The molecule has 0 aromatic heterocycles. The lowest BCUT2D eigenvalue weighted by Crippen LogP contribution is -2.45. The number of hydroxylamine groups is 3. The van der Waals surface area contributed by atoms with Crippen LogP contribution in [0.1, 0.15) is 18.4 Å². The van der Waals surface area contributed by atoms with E-state index in [0.29, 0.717) is 23.8 Å². The summed E-state index contributed by atoms with van der Waals surface area (Å²) in [6.07, 6.45) is 3.06. The van der Waals surface area contributed by atoms with E-state index in [1.807, 2.05) is 54.6 Å². The molecule has 4 rings (SSSR count). The first-order valence-corrected chi connectivity index (χ1v) is 9.21. The Morgan fingerprint density at radius 3 is 2.52 bits per heavy atom. The monoisotopic (exact) mass is 385 g/mol. The molecule has 2 N–H and O–H groups in total. The Labute approximate surface area is 162 Å². The molecule has 0 saturated carbocycles. The Kier molecular flexibility index (Phi) is 5.03. The van der Waals surface area contributed by atoms with Crippen molar-refractivity contribution in [3.63, 3.8) is 0 Å². The maximum atomic E-state index is 12.0. The first-order valence-electron chi connectivity index (χ1n) is 8.84. The highest BCUT2D eigenvalue weighted by molar-refractivity contribution is 6.30. The standard InChI is InChI=1S/C20H20ClN3O3/c21-16-8-6-15(7-9-16)18-14-20(27-23-18)10-12-24(13-11-20)26-19(25)22-17-4-2-1-3-5-17/h1-9,14,23H,10-13H2,(H,22,25). The second-order valence-corrected chi connectivity index (χ2v) is 7.07. The summed E-state index contributed by atoms with van der Waals surface area (Å²) >= 11 is 5.95. The van der Waals surface area contributed by atoms with Crippen molar-refractivity contribution in [1.29, 1.82) is 0 Å². The molecule has 2 heterocycles. The van der Waals surface area contributed by atoms with Gasteiger partial charge in [0.15, 0.2) is 0 Å². The summed E-state index contributed by atoms with van der Waals surface area (Å²) in [6, 6.07) is 16.8. The first-order chi connectivity index (χ1) is 13.1. The van der Waals surface area contributed by atoms with Gasteiger partial charge in [-0.3, -0.25) is 15.6 Å². The average Bonchev–Trinajstić information content (AvgIpc) is 3.09. The quantitative estimate of drug-likeness (QED) is 0.828. The van der Waals surface area contributed by atoms with Crippen molar-refractivity contribution in [3.05, 3.63) is 71.3 Å². The van der Waals surface area contributed by atoms with Crippen LogP contribution < -0.4 is 10.8 Å². The van der Waals surface area contributed by atoms with E-state index in [2.05, 4.69) is 16.9 Å². The third kappa shape index (κ3) is 4.24. The first kappa shape index (κ1) is 17.9. The molecular formula is C20H20ClN3O3. The zero-order valence-corrected chi connectivity index (χ0v) is 15.4. The summed E-state index contributed by atoms with van der Waals surface area (Å²) in [5.41, 5.74) is 5.30. The van der Waals surface area contributed by atoms with E-state index in [9.17, 15) is 4.79 Å². The molecule has 7 heteroatoms.